The van der Waals surface area contributed by atoms with E-state index in [0.29, 0.717) is 5.82 Å². The Labute approximate surface area is 120 Å². The van der Waals surface area contributed by atoms with Crippen molar-refractivity contribution in [3.8, 4) is 10.8 Å². The highest BCUT2D eigenvalue weighted by Gasteiger charge is 2.24. The number of thiophene rings is 1. The fraction of sp³-hybridized carbons (Fsp3) is 0.286. The summed E-state index contributed by atoms with van der Waals surface area (Å²) in [6.07, 6.45) is 1.75. The van der Waals surface area contributed by atoms with E-state index in [0.717, 1.165) is 48.4 Å². The zero-order valence-corrected chi connectivity index (χ0v) is 11.7. The normalized spacial score (nSPS) is 17.6. The fourth-order valence-electron chi connectivity index (χ4n) is 2.46. The van der Waals surface area contributed by atoms with Crippen LogP contribution in [0.4, 0.5) is 5.82 Å². The Hall–Kier alpha value is -1.92. The summed E-state index contributed by atoms with van der Waals surface area (Å²) < 4.78 is 5.96. The Morgan fingerprint density at radius 3 is 3.05 bits per heavy atom. The molecule has 2 aromatic rings. The van der Waals surface area contributed by atoms with Crippen LogP contribution in [-0.4, -0.2) is 41.9 Å². The molecular formula is C14H14N4OS. The zero-order chi connectivity index (χ0) is 13.4. The van der Waals surface area contributed by atoms with Crippen molar-refractivity contribution >= 4 is 23.0 Å². The highest BCUT2D eigenvalue weighted by Crippen LogP contribution is 2.39. The molecule has 4 rings (SSSR count). The first-order valence-corrected chi connectivity index (χ1v) is 7.55. The van der Waals surface area contributed by atoms with Gasteiger partial charge in [0.1, 0.15) is 5.84 Å². The SMILES string of the molecule is c1cnc2c(c1)Oc1sccc1C(N1CCNCC1)=N2. The molecule has 0 spiro atoms. The van der Waals surface area contributed by atoms with Crippen LogP contribution >= 0.6 is 11.3 Å². The number of amidine groups is 1. The van der Waals surface area contributed by atoms with Crippen LogP contribution in [0.15, 0.2) is 34.8 Å². The number of aliphatic imine (C=N–C) groups is 1. The molecule has 5 nitrogen and oxygen atoms in total. The lowest BCUT2D eigenvalue weighted by Crippen LogP contribution is -2.46. The number of rotatable bonds is 0. The Kier molecular flexibility index (Phi) is 2.90. The smallest absolute Gasteiger partial charge is 0.197 e. The van der Waals surface area contributed by atoms with Crippen LogP contribution in [-0.2, 0) is 0 Å². The summed E-state index contributed by atoms with van der Waals surface area (Å²) in [7, 11) is 0. The number of pyridine rings is 1. The predicted octanol–water partition coefficient (Wildman–Crippen LogP) is 2.23. The van der Waals surface area contributed by atoms with Crippen LogP contribution in [0.25, 0.3) is 0 Å². The summed E-state index contributed by atoms with van der Waals surface area (Å²) in [5, 5.41) is 6.31. The molecule has 2 aromatic heterocycles. The van der Waals surface area contributed by atoms with Crippen LogP contribution in [0.2, 0.25) is 0 Å². The molecule has 0 unspecified atom stereocenters. The van der Waals surface area contributed by atoms with Gasteiger partial charge in [-0.25, -0.2) is 9.98 Å². The molecule has 0 aromatic carbocycles. The number of nitrogens with one attached hydrogen (secondary N) is 1. The highest BCUT2D eigenvalue weighted by atomic mass is 32.1. The van der Waals surface area contributed by atoms with Gasteiger partial charge in [0.2, 0.25) is 0 Å². The molecule has 1 saturated heterocycles. The third-order valence-electron chi connectivity index (χ3n) is 3.45. The van der Waals surface area contributed by atoms with Gasteiger partial charge in [0.15, 0.2) is 16.6 Å². The molecule has 20 heavy (non-hydrogen) atoms. The van der Waals surface area contributed by atoms with Crippen molar-refractivity contribution in [3.05, 3.63) is 35.3 Å². The molecule has 0 bridgehead atoms. The monoisotopic (exact) mass is 286 g/mol. The van der Waals surface area contributed by atoms with E-state index in [-0.39, 0.29) is 0 Å². The van der Waals surface area contributed by atoms with Gasteiger partial charge in [-0.3, -0.25) is 0 Å². The lowest BCUT2D eigenvalue weighted by molar-refractivity contribution is 0.358. The van der Waals surface area contributed by atoms with Crippen LogP contribution in [0.5, 0.6) is 10.8 Å². The molecule has 102 valence electrons. The number of fused-ring (bicyclic) bond motifs is 2. The zero-order valence-electron chi connectivity index (χ0n) is 10.9. The highest BCUT2D eigenvalue weighted by molar-refractivity contribution is 7.12. The molecule has 2 aliphatic heterocycles. The Morgan fingerprint density at radius 2 is 2.15 bits per heavy atom. The van der Waals surface area contributed by atoms with Gasteiger partial charge in [0, 0.05) is 32.4 Å². The Morgan fingerprint density at radius 1 is 1.25 bits per heavy atom. The first kappa shape index (κ1) is 11.9. The average molecular weight is 286 g/mol. The Bertz CT molecular complexity index is 661. The quantitative estimate of drug-likeness (QED) is 0.807. The first-order valence-electron chi connectivity index (χ1n) is 6.67. The minimum atomic E-state index is 0.657. The second kappa shape index (κ2) is 4.88. The van der Waals surface area contributed by atoms with Crippen molar-refractivity contribution in [2.24, 2.45) is 4.99 Å². The number of hydrogen-bond acceptors (Lipinski definition) is 6. The van der Waals surface area contributed by atoms with Gasteiger partial charge >= 0.3 is 0 Å². The minimum Gasteiger partial charge on any atom is -0.442 e. The number of aromatic nitrogens is 1. The van der Waals surface area contributed by atoms with E-state index in [2.05, 4.69) is 21.3 Å². The van der Waals surface area contributed by atoms with E-state index < -0.39 is 0 Å². The van der Waals surface area contributed by atoms with Gasteiger partial charge in [-0.05, 0) is 23.6 Å². The van der Waals surface area contributed by atoms with Gasteiger partial charge in [-0.15, -0.1) is 11.3 Å². The summed E-state index contributed by atoms with van der Waals surface area (Å²) >= 11 is 1.60. The summed E-state index contributed by atoms with van der Waals surface area (Å²) in [5.41, 5.74) is 1.06. The maximum absolute atomic E-state index is 5.96. The predicted molar refractivity (Wildman–Crippen MR) is 79.3 cm³/mol. The van der Waals surface area contributed by atoms with E-state index in [9.17, 15) is 0 Å². The summed E-state index contributed by atoms with van der Waals surface area (Å²) in [6, 6.07) is 5.86. The molecule has 0 saturated carbocycles. The number of piperazine rings is 1. The number of ether oxygens (including phenoxy) is 1. The van der Waals surface area contributed by atoms with Crippen LogP contribution in [0, 0.1) is 0 Å². The van der Waals surface area contributed by atoms with E-state index in [1.54, 1.807) is 17.5 Å². The van der Waals surface area contributed by atoms with Crippen molar-refractivity contribution in [1.29, 1.82) is 0 Å². The third kappa shape index (κ3) is 1.97. The maximum Gasteiger partial charge on any atom is 0.197 e. The fourth-order valence-corrected chi connectivity index (χ4v) is 3.22. The average Bonchev–Trinajstić information content (AvgIpc) is 2.89. The molecular weight excluding hydrogens is 272 g/mol. The van der Waals surface area contributed by atoms with E-state index in [1.807, 2.05) is 17.5 Å². The molecule has 0 aliphatic carbocycles. The summed E-state index contributed by atoms with van der Waals surface area (Å²) in [4.78, 5) is 11.4. The second-order valence-corrected chi connectivity index (χ2v) is 5.60. The second-order valence-electron chi connectivity index (χ2n) is 4.72. The van der Waals surface area contributed by atoms with Gasteiger partial charge in [-0.1, -0.05) is 0 Å². The van der Waals surface area contributed by atoms with E-state index in [1.165, 1.54) is 0 Å². The van der Waals surface area contributed by atoms with Gasteiger partial charge in [0.25, 0.3) is 0 Å². The van der Waals surface area contributed by atoms with Crippen molar-refractivity contribution in [2.75, 3.05) is 26.2 Å². The molecule has 6 heteroatoms. The van der Waals surface area contributed by atoms with Gasteiger partial charge in [-0.2, -0.15) is 0 Å². The standard InChI is InChI=1S/C14H14N4OS/c1-2-11-12(16-4-1)17-13(18-7-5-15-6-8-18)10-3-9-20-14(10)19-11/h1-4,9,15H,5-8H2. The molecule has 1 N–H and O–H groups in total. The summed E-state index contributed by atoms with van der Waals surface area (Å²) in [6.45, 7) is 3.87. The lowest BCUT2D eigenvalue weighted by Gasteiger charge is -2.29. The van der Waals surface area contributed by atoms with Crippen LogP contribution in [0.3, 0.4) is 0 Å². The third-order valence-corrected chi connectivity index (χ3v) is 4.24. The van der Waals surface area contributed by atoms with E-state index >= 15 is 0 Å². The van der Waals surface area contributed by atoms with Gasteiger partial charge < -0.3 is 15.0 Å². The molecule has 0 radical (unpaired) electrons. The van der Waals surface area contributed by atoms with Crippen molar-refractivity contribution in [3.63, 3.8) is 0 Å². The molecule has 0 amide bonds. The Balaban J connectivity index is 1.84. The summed E-state index contributed by atoms with van der Waals surface area (Å²) in [5.74, 6) is 2.35. The van der Waals surface area contributed by atoms with Crippen molar-refractivity contribution < 1.29 is 4.74 Å². The molecule has 4 heterocycles. The topological polar surface area (TPSA) is 49.8 Å². The molecule has 0 atom stereocenters. The lowest BCUT2D eigenvalue weighted by atomic mass is 10.2. The largest absolute Gasteiger partial charge is 0.442 e. The van der Waals surface area contributed by atoms with Gasteiger partial charge in [0.05, 0.1) is 5.56 Å². The van der Waals surface area contributed by atoms with Crippen LogP contribution in [0.1, 0.15) is 5.56 Å². The van der Waals surface area contributed by atoms with Crippen LogP contribution < -0.4 is 10.1 Å². The van der Waals surface area contributed by atoms with Crippen molar-refractivity contribution in [1.82, 2.24) is 15.2 Å². The van der Waals surface area contributed by atoms with Crippen molar-refractivity contribution in [2.45, 2.75) is 0 Å². The first-order chi connectivity index (χ1) is 9.92. The minimum absolute atomic E-state index is 0.657. The maximum atomic E-state index is 5.96. The molecule has 1 fully saturated rings. The van der Waals surface area contributed by atoms with E-state index in [4.69, 9.17) is 9.73 Å². The molecule has 2 aliphatic rings. The number of hydrogen-bond donors (Lipinski definition) is 1. The number of nitrogens with zero attached hydrogens (tertiary/aromatic N) is 3.